The van der Waals surface area contributed by atoms with Gasteiger partial charge in [0.1, 0.15) is 11.5 Å². The van der Waals surface area contributed by atoms with Crippen molar-refractivity contribution in [2.24, 2.45) is 11.8 Å². The summed E-state index contributed by atoms with van der Waals surface area (Å²) in [5.41, 5.74) is 1.34. The van der Waals surface area contributed by atoms with E-state index in [9.17, 15) is 0 Å². The Morgan fingerprint density at radius 3 is 2.84 bits per heavy atom. The first kappa shape index (κ1) is 14.6. The van der Waals surface area contributed by atoms with Crippen LogP contribution in [0.4, 0.5) is 0 Å². The Balaban J connectivity index is 1.81. The SMILES string of the molecule is CCCNCc1cc(CN(C)CC2CC2C)c(C)o1. The molecule has 3 heteroatoms. The molecular weight excluding hydrogens is 236 g/mol. The van der Waals surface area contributed by atoms with E-state index in [4.69, 9.17) is 4.42 Å². The molecule has 0 saturated heterocycles. The van der Waals surface area contributed by atoms with E-state index in [-0.39, 0.29) is 0 Å². The molecule has 1 fully saturated rings. The molecule has 2 rings (SSSR count). The first-order valence-electron chi connectivity index (χ1n) is 7.57. The molecule has 0 amide bonds. The van der Waals surface area contributed by atoms with Crippen LogP contribution in [0.1, 0.15) is 43.8 Å². The maximum atomic E-state index is 5.81. The van der Waals surface area contributed by atoms with Gasteiger partial charge in [-0.2, -0.15) is 0 Å². The molecule has 0 radical (unpaired) electrons. The number of nitrogens with one attached hydrogen (secondary N) is 1. The smallest absolute Gasteiger partial charge is 0.118 e. The molecule has 1 heterocycles. The second kappa shape index (κ2) is 6.58. The second-order valence-corrected chi connectivity index (χ2v) is 6.14. The fraction of sp³-hybridized carbons (Fsp3) is 0.750. The van der Waals surface area contributed by atoms with E-state index in [1.165, 1.54) is 18.5 Å². The van der Waals surface area contributed by atoms with Crippen molar-refractivity contribution in [1.29, 1.82) is 0 Å². The summed E-state index contributed by atoms with van der Waals surface area (Å²) in [6, 6.07) is 2.21. The molecule has 2 atom stereocenters. The highest BCUT2D eigenvalue weighted by Crippen LogP contribution is 2.38. The van der Waals surface area contributed by atoms with Crippen molar-refractivity contribution >= 4 is 0 Å². The van der Waals surface area contributed by atoms with Crippen LogP contribution in [0.15, 0.2) is 10.5 Å². The fourth-order valence-electron chi connectivity index (χ4n) is 2.63. The number of rotatable bonds is 8. The second-order valence-electron chi connectivity index (χ2n) is 6.14. The van der Waals surface area contributed by atoms with Crippen molar-refractivity contribution in [3.63, 3.8) is 0 Å². The maximum absolute atomic E-state index is 5.81. The van der Waals surface area contributed by atoms with E-state index in [1.54, 1.807) is 0 Å². The summed E-state index contributed by atoms with van der Waals surface area (Å²) < 4.78 is 5.81. The van der Waals surface area contributed by atoms with Gasteiger partial charge in [-0.1, -0.05) is 13.8 Å². The quantitative estimate of drug-likeness (QED) is 0.731. The Bertz CT molecular complexity index is 399. The zero-order chi connectivity index (χ0) is 13.8. The Kier molecular flexibility index (Phi) is 5.06. The van der Waals surface area contributed by atoms with Gasteiger partial charge in [0.05, 0.1) is 6.54 Å². The molecule has 1 aromatic heterocycles. The van der Waals surface area contributed by atoms with Gasteiger partial charge in [-0.05, 0) is 51.3 Å². The molecule has 0 aromatic carbocycles. The highest BCUT2D eigenvalue weighted by molar-refractivity contribution is 5.20. The lowest BCUT2D eigenvalue weighted by molar-refractivity contribution is 0.305. The van der Waals surface area contributed by atoms with Gasteiger partial charge in [-0.3, -0.25) is 0 Å². The summed E-state index contributed by atoms with van der Waals surface area (Å²) in [4.78, 5) is 2.43. The highest BCUT2D eigenvalue weighted by atomic mass is 16.3. The molecule has 3 nitrogen and oxygen atoms in total. The molecule has 2 unspecified atom stereocenters. The third-order valence-electron chi connectivity index (χ3n) is 4.06. The third-order valence-corrected chi connectivity index (χ3v) is 4.06. The van der Waals surface area contributed by atoms with Crippen molar-refractivity contribution < 1.29 is 4.42 Å². The Morgan fingerprint density at radius 2 is 2.21 bits per heavy atom. The zero-order valence-corrected chi connectivity index (χ0v) is 12.8. The molecule has 108 valence electrons. The van der Waals surface area contributed by atoms with Gasteiger partial charge in [0, 0.05) is 18.7 Å². The normalized spacial score (nSPS) is 22.2. The van der Waals surface area contributed by atoms with E-state index in [0.29, 0.717) is 0 Å². The molecule has 1 N–H and O–H groups in total. The average molecular weight is 264 g/mol. The molecule has 0 aliphatic heterocycles. The van der Waals surface area contributed by atoms with Gasteiger partial charge in [0.15, 0.2) is 0 Å². The number of hydrogen-bond donors (Lipinski definition) is 1. The molecule has 0 spiro atoms. The van der Waals surface area contributed by atoms with Crippen LogP contribution in [0.2, 0.25) is 0 Å². The summed E-state index contributed by atoms with van der Waals surface area (Å²) >= 11 is 0. The summed E-state index contributed by atoms with van der Waals surface area (Å²) in [6.07, 6.45) is 2.57. The first-order valence-corrected chi connectivity index (χ1v) is 7.57. The minimum absolute atomic E-state index is 0.845. The topological polar surface area (TPSA) is 28.4 Å². The van der Waals surface area contributed by atoms with Crippen molar-refractivity contribution in [3.8, 4) is 0 Å². The number of hydrogen-bond acceptors (Lipinski definition) is 3. The summed E-state index contributed by atoms with van der Waals surface area (Å²) in [5.74, 6) is 3.99. The van der Waals surface area contributed by atoms with Gasteiger partial charge in [-0.25, -0.2) is 0 Å². The van der Waals surface area contributed by atoms with Crippen LogP contribution in [0, 0.1) is 18.8 Å². The maximum Gasteiger partial charge on any atom is 0.118 e. The van der Waals surface area contributed by atoms with Crippen LogP contribution in [-0.2, 0) is 13.1 Å². The largest absolute Gasteiger partial charge is 0.465 e. The van der Waals surface area contributed by atoms with Crippen molar-refractivity contribution in [1.82, 2.24) is 10.2 Å². The lowest BCUT2D eigenvalue weighted by atomic mass is 10.2. The van der Waals surface area contributed by atoms with Crippen LogP contribution in [0.25, 0.3) is 0 Å². The fourth-order valence-corrected chi connectivity index (χ4v) is 2.63. The first-order chi connectivity index (χ1) is 9.10. The molecule has 1 aliphatic rings. The molecular formula is C16H28N2O. The van der Waals surface area contributed by atoms with Crippen molar-refractivity contribution in [2.45, 2.75) is 46.7 Å². The van der Waals surface area contributed by atoms with Gasteiger partial charge in [0.25, 0.3) is 0 Å². The Morgan fingerprint density at radius 1 is 1.47 bits per heavy atom. The van der Waals surface area contributed by atoms with Crippen LogP contribution in [-0.4, -0.2) is 25.0 Å². The van der Waals surface area contributed by atoms with Crippen LogP contribution in [0.3, 0.4) is 0 Å². The Labute approximate surface area is 117 Å². The van der Waals surface area contributed by atoms with Crippen LogP contribution < -0.4 is 5.32 Å². The van der Waals surface area contributed by atoms with E-state index in [1.807, 2.05) is 0 Å². The lowest BCUT2D eigenvalue weighted by Crippen LogP contribution is -2.21. The minimum Gasteiger partial charge on any atom is -0.465 e. The highest BCUT2D eigenvalue weighted by Gasteiger charge is 2.33. The molecule has 1 aromatic rings. The van der Waals surface area contributed by atoms with E-state index < -0.39 is 0 Å². The number of furan rings is 1. The monoisotopic (exact) mass is 264 g/mol. The predicted molar refractivity (Wildman–Crippen MR) is 79.0 cm³/mol. The number of aryl methyl sites for hydroxylation is 1. The van der Waals surface area contributed by atoms with Crippen molar-refractivity contribution in [3.05, 3.63) is 23.2 Å². The predicted octanol–water partition coefficient (Wildman–Crippen LogP) is 3.18. The summed E-state index contributed by atoms with van der Waals surface area (Å²) in [7, 11) is 2.21. The lowest BCUT2D eigenvalue weighted by Gasteiger charge is -2.15. The van der Waals surface area contributed by atoms with Gasteiger partial charge in [-0.15, -0.1) is 0 Å². The summed E-state index contributed by atoms with van der Waals surface area (Å²) in [6.45, 7) is 10.7. The zero-order valence-electron chi connectivity index (χ0n) is 12.8. The van der Waals surface area contributed by atoms with Crippen molar-refractivity contribution in [2.75, 3.05) is 20.1 Å². The average Bonchev–Trinajstić information content (AvgIpc) is 2.91. The molecule has 0 bridgehead atoms. The molecule has 19 heavy (non-hydrogen) atoms. The third kappa shape index (κ3) is 4.36. The van der Waals surface area contributed by atoms with Gasteiger partial charge < -0.3 is 14.6 Å². The van der Waals surface area contributed by atoms with E-state index >= 15 is 0 Å². The van der Waals surface area contributed by atoms with Gasteiger partial charge >= 0.3 is 0 Å². The van der Waals surface area contributed by atoms with Crippen LogP contribution in [0.5, 0.6) is 0 Å². The molecule has 1 aliphatic carbocycles. The van der Waals surface area contributed by atoms with Crippen LogP contribution >= 0.6 is 0 Å². The molecule has 1 saturated carbocycles. The minimum atomic E-state index is 0.845. The standard InChI is InChI=1S/C16H28N2O/c1-5-6-17-9-16-8-15(13(3)19-16)11-18(4)10-14-7-12(14)2/h8,12,14,17H,5-7,9-11H2,1-4H3. The summed E-state index contributed by atoms with van der Waals surface area (Å²) in [5, 5.41) is 3.39. The van der Waals surface area contributed by atoms with E-state index in [0.717, 1.165) is 49.4 Å². The van der Waals surface area contributed by atoms with E-state index in [2.05, 4.69) is 44.1 Å². The Hall–Kier alpha value is -0.800. The van der Waals surface area contributed by atoms with Gasteiger partial charge in [0.2, 0.25) is 0 Å². The number of nitrogens with zero attached hydrogens (tertiary/aromatic N) is 1.